The summed E-state index contributed by atoms with van der Waals surface area (Å²) in [6.07, 6.45) is 1.53. The van der Waals surface area contributed by atoms with Crippen LogP contribution in [0.2, 0.25) is 0 Å². The minimum Gasteiger partial charge on any atom is -0.545 e. The molecular weight excluding hydrogens is 402 g/mol. The lowest BCUT2D eigenvalue weighted by molar-refractivity contribution is -0.255. The molecule has 150 valence electrons. The van der Waals surface area contributed by atoms with Gasteiger partial charge in [-0.25, -0.2) is 0 Å². The summed E-state index contributed by atoms with van der Waals surface area (Å²) in [5.74, 6) is -0.782. The molecule has 0 aliphatic carbocycles. The topological polar surface area (TPSA) is 90.6 Å². The SMILES string of the molecule is Cc1ccc(C(=O)[O-])cc1-c1ccc(/C=C2/SC(=O)N(Cc3ccccc3)C2=O)o1. The van der Waals surface area contributed by atoms with Crippen molar-refractivity contribution in [2.45, 2.75) is 13.5 Å². The highest BCUT2D eigenvalue weighted by Gasteiger charge is 2.35. The molecule has 3 aromatic rings. The highest BCUT2D eigenvalue weighted by molar-refractivity contribution is 8.18. The maximum absolute atomic E-state index is 12.7. The molecule has 2 heterocycles. The van der Waals surface area contributed by atoms with E-state index in [0.717, 1.165) is 22.9 Å². The van der Waals surface area contributed by atoms with Crippen LogP contribution in [0.3, 0.4) is 0 Å². The number of thioether (sulfide) groups is 1. The van der Waals surface area contributed by atoms with Gasteiger partial charge >= 0.3 is 0 Å². The van der Waals surface area contributed by atoms with Gasteiger partial charge in [0.05, 0.1) is 17.4 Å². The average Bonchev–Trinajstić information content (AvgIpc) is 3.29. The van der Waals surface area contributed by atoms with Crippen molar-refractivity contribution < 1.29 is 23.9 Å². The van der Waals surface area contributed by atoms with Crippen molar-refractivity contribution in [2.75, 3.05) is 0 Å². The van der Waals surface area contributed by atoms with Crippen LogP contribution in [-0.2, 0) is 11.3 Å². The highest BCUT2D eigenvalue weighted by atomic mass is 32.2. The molecule has 0 N–H and O–H groups in total. The molecule has 7 heteroatoms. The number of carboxylic acids is 1. The Balaban J connectivity index is 1.57. The van der Waals surface area contributed by atoms with Crippen LogP contribution in [0.1, 0.15) is 27.2 Å². The number of carbonyl (C=O) groups excluding carboxylic acids is 3. The molecule has 1 saturated heterocycles. The minimum absolute atomic E-state index is 0.0515. The molecular formula is C23H16NO5S-. The number of amides is 2. The second kappa shape index (κ2) is 8.04. The summed E-state index contributed by atoms with van der Waals surface area (Å²) >= 11 is 0.863. The molecule has 1 aliphatic rings. The molecule has 0 atom stereocenters. The fourth-order valence-electron chi connectivity index (χ4n) is 3.12. The summed E-state index contributed by atoms with van der Waals surface area (Å²) in [5, 5.41) is 10.8. The Morgan fingerprint density at radius 3 is 2.60 bits per heavy atom. The third kappa shape index (κ3) is 3.92. The first kappa shape index (κ1) is 19.7. The fourth-order valence-corrected chi connectivity index (χ4v) is 3.94. The van der Waals surface area contributed by atoms with E-state index < -0.39 is 5.97 Å². The van der Waals surface area contributed by atoms with Crippen LogP contribution < -0.4 is 5.11 Å². The van der Waals surface area contributed by atoms with Crippen molar-refractivity contribution in [3.05, 3.63) is 88.0 Å². The maximum Gasteiger partial charge on any atom is 0.293 e. The van der Waals surface area contributed by atoms with Gasteiger partial charge in [-0.3, -0.25) is 14.5 Å². The zero-order chi connectivity index (χ0) is 21.3. The summed E-state index contributed by atoms with van der Waals surface area (Å²) in [5.41, 5.74) is 2.37. The first-order valence-corrected chi connectivity index (χ1v) is 9.95. The lowest BCUT2D eigenvalue weighted by Crippen LogP contribution is -2.27. The van der Waals surface area contributed by atoms with Gasteiger partial charge in [-0.1, -0.05) is 42.5 Å². The number of rotatable bonds is 5. The molecule has 0 unspecified atom stereocenters. The molecule has 0 saturated carbocycles. The second-order valence-electron chi connectivity index (χ2n) is 6.77. The Hall–Kier alpha value is -3.58. The first-order chi connectivity index (χ1) is 14.4. The van der Waals surface area contributed by atoms with Gasteiger partial charge in [-0.15, -0.1) is 0 Å². The smallest absolute Gasteiger partial charge is 0.293 e. The number of aromatic carboxylic acids is 1. The fraction of sp³-hybridized carbons (Fsp3) is 0.0870. The number of imide groups is 1. The van der Waals surface area contributed by atoms with Crippen LogP contribution in [0.25, 0.3) is 17.4 Å². The zero-order valence-corrected chi connectivity index (χ0v) is 16.8. The summed E-state index contributed by atoms with van der Waals surface area (Å²) in [6, 6.07) is 17.3. The number of carbonyl (C=O) groups is 3. The van der Waals surface area contributed by atoms with E-state index in [2.05, 4.69) is 0 Å². The van der Waals surface area contributed by atoms with Gasteiger partial charge in [-0.05, 0) is 53.6 Å². The van der Waals surface area contributed by atoms with E-state index in [0.29, 0.717) is 17.1 Å². The number of hydrogen-bond acceptors (Lipinski definition) is 6. The Bertz CT molecular complexity index is 1180. The van der Waals surface area contributed by atoms with Crippen LogP contribution >= 0.6 is 11.8 Å². The summed E-state index contributed by atoms with van der Waals surface area (Å²) < 4.78 is 5.80. The average molecular weight is 418 g/mol. The number of benzene rings is 2. The van der Waals surface area contributed by atoms with Gasteiger partial charge < -0.3 is 14.3 Å². The van der Waals surface area contributed by atoms with Crippen molar-refractivity contribution in [2.24, 2.45) is 0 Å². The highest BCUT2D eigenvalue weighted by Crippen LogP contribution is 2.34. The van der Waals surface area contributed by atoms with Crippen LogP contribution in [0.15, 0.2) is 70.0 Å². The summed E-state index contributed by atoms with van der Waals surface area (Å²) in [4.78, 5) is 37.6. The van der Waals surface area contributed by atoms with E-state index in [1.54, 1.807) is 18.2 Å². The van der Waals surface area contributed by atoms with Crippen molar-refractivity contribution in [1.82, 2.24) is 4.90 Å². The van der Waals surface area contributed by atoms with Gasteiger partial charge in [0.1, 0.15) is 11.5 Å². The standard InChI is InChI=1S/C23H17NO5S/c1-14-7-8-16(22(26)27)11-18(14)19-10-9-17(29-19)12-20-21(25)24(23(28)30-20)13-15-5-3-2-4-6-15/h2-12H,13H2,1H3,(H,26,27)/p-1/b20-12+. The predicted octanol–water partition coefficient (Wildman–Crippen LogP) is 3.86. The third-order valence-electron chi connectivity index (χ3n) is 4.70. The first-order valence-electron chi connectivity index (χ1n) is 9.14. The lowest BCUT2D eigenvalue weighted by atomic mass is 10.0. The Morgan fingerprint density at radius 2 is 1.87 bits per heavy atom. The molecule has 0 bridgehead atoms. The van der Waals surface area contributed by atoms with Crippen LogP contribution in [0, 0.1) is 6.92 Å². The summed E-state index contributed by atoms with van der Waals surface area (Å²) in [7, 11) is 0. The molecule has 2 amide bonds. The molecule has 6 nitrogen and oxygen atoms in total. The number of hydrogen-bond donors (Lipinski definition) is 0. The molecule has 4 rings (SSSR count). The number of aryl methyl sites for hydroxylation is 1. The second-order valence-corrected chi connectivity index (χ2v) is 7.77. The molecule has 1 aromatic heterocycles. The monoisotopic (exact) mass is 418 g/mol. The number of nitrogens with zero attached hydrogens (tertiary/aromatic N) is 1. The Labute approximate surface area is 176 Å². The molecule has 1 fully saturated rings. The van der Waals surface area contributed by atoms with Gasteiger partial charge in [0.2, 0.25) is 0 Å². The van der Waals surface area contributed by atoms with E-state index in [1.807, 2.05) is 37.3 Å². The predicted molar refractivity (Wildman–Crippen MR) is 111 cm³/mol. The quantitative estimate of drug-likeness (QED) is 0.585. The number of carboxylic acid groups (broad SMARTS) is 1. The van der Waals surface area contributed by atoms with Crippen molar-refractivity contribution in [3.8, 4) is 11.3 Å². The Kier molecular flexibility index (Phi) is 5.29. The van der Waals surface area contributed by atoms with E-state index in [-0.39, 0.29) is 28.2 Å². The van der Waals surface area contributed by atoms with Gasteiger partial charge in [0.25, 0.3) is 11.1 Å². The van der Waals surface area contributed by atoms with Gasteiger partial charge in [0.15, 0.2) is 0 Å². The third-order valence-corrected chi connectivity index (χ3v) is 5.60. The van der Waals surface area contributed by atoms with Crippen LogP contribution in [-0.4, -0.2) is 22.0 Å². The van der Waals surface area contributed by atoms with Crippen molar-refractivity contribution in [3.63, 3.8) is 0 Å². The van der Waals surface area contributed by atoms with Crippen LogP contribution in [0.4, 0.5) is 4.79 Å². The van der Waals surface area contributed by atoms with E-state index in [4.69, 9.17) is 4.42 Å². The molecule has 30 heavy (non-hydrogen) atoms. The van der Waals surface area contributed by atoms with Crippen molar-refractivity contribution in [1.29, 1.82) is 0 Å². The number of furan rings is 1. The maximum atomic E-state index is 12.7. The Morgan fingerprint density at radius 1 is 1.10 bits per heavy atom. The van der Waals surface area contributed by atoms with Gasteiger partial charge in [0, 0.05) is 11.6 Å². The van der Waals surface area contributed by atoms with E-state index in [1.165, 1.54) is 23.1 Å². The van der Waals surface area contributed by atoms with E-state index >= 15 is 0 Å². The molecule has 1 aliphatic heterocycles. The van der Waals surface area contributed by atoms with Gasteiger partial charge in [-0.2, -0.15) is 0 Å². The minimum atomic E-state index is -1.27. The molecule has 0 spiro atoms. The normalized spacial score (nSPS) is 15.2. The summed E-state index contributed by atoms with van der Waals surface area (Å²) in [6.45, 7) is 2.05. The zero-order valence-electron chi connectivity index (χ0n) is 16.0. The lowest BCUT2D eigenvalue weighted by Gasteiger charge is -2.11. The van der Waals surface area contributed by atoms with E-state index in [9.17, 15) is 19.5 Å². The largest absolute Gasteiger partial charge is 0.545 e. The van der Waals surface area contributed by atoms with Crippen LogP contribution in [0.5, 0.6) is 0 Å². The molecule has 0 radical (unpaired) electrons. The van der Waals surface area contributed by atoms with Crippen molar-refractivity contribution >= 4 is 35.0 Å². The molecule has 2 aromatic carbocycles.